The zero-order valence-corrected chi connectivity index (χ0v) is 13.7. The Balaban J connectivity index is 2.48. The van der Waals surface area contributed by atoms with E-state index in [1.165, 1.54) is 0 Å². The molecule has 25 heavy (non-hydrogen) atoms. The molecular formula is C14H23N5O6. The lowest BCUT2D eigenvalue weighted by molar-refractivity contribution is -0.138. The van der Waals surface area contributed by atoms with Crippen molar-refractivity contribution >= 4 is 29.6 Å². The van der Waals surface area contributed by atoms with Gasteiger partial charge in [-0.3, -0.25) is 24.0 Å². The summed E-state index contributed by atoms with van der Waals surface area (Å²) >= 11 is 0. The Morgan fingerprint density at radius 1 is 1.16 bits per heavy atom. The SMILES string of the molecule is NC(=O)CCC(NC(=O)CNC(=O)C1CCCN1)C(=O)NCC(=O)O. The van der Waals surface area contributed by atoms with Crippen LogP contribution >= 0.6 is 0 Å². The molecule has 1 saturated heterocycles. The number of nitrogens with two attached hydrogens (primary N) is 1. The second kappa shape index (κ2) is 10.2. The summed E-state index contributed by atoms with van der Waals surface area (Å²) in [6.45, 7) is -0.217. The predicted octanol–water partition coefficient (Wildman–Crippen LogP) is -3.19. The van der Waals surface area contributed by atoms with Gasteiger partial charge in [0.2, 0.25) is 23.6 Å². The second-order valence-corrected chi connectivity index (χ2v) is 5.60. The molecule has 140 valence electrons. The smallest absolute Gasteiger partial charge is 0.322 e. The highest BCUT2D eigenvalue weighted by Gasteiger charge is 2.24. The fourth-order valence-electron chi connectivity index (χ4n) is 2.29. The van der Waals surface area contributed by atoms with Gasteiger partial charge in [0.25, 0.3) is 0 Å². The molecule has 0 radical (unpaired) electrons. The van der Waals surface area contributed by atoms with E-state index >= 15 is 0 Å². The fraction of sp³-hybridized carbons (Fsp3) is 0.643. The maximum atomic E-state index is 11.9. The van der Waals surface area contributed by atoms with E-state index in [1.807, 2.05) is 0 Å². The van der Waals surface area contributed by atoms with Gasteiger partial charge >= 0.3 is 5.97 Å². The fourth-order valence-corrected chi connectivity index (χ4v) is 2.29. The maximum Gasteiger partial charge on any atom is 0.322 e. The lowest BCUT2D eigenvalue weighted by Gasteiger charge is -2.18. The van der Waals surface area contributed by atoms with Crippen molar-refractivity contribution in [2.24, 2.45) is 5.73 Å². The van der Waals surface area contributed by atoms with Gasteiger partial charge < -0.3 is 32.1 Å². The molecular weight excluding hydrogens is 334 g/mol. The first-order valence-electron chi connectivity index (χ1n) is 7.88. The van der Waals surface area contributed by atoms with Crippen LogP contribution < -0.4 is 27.0 Å². The van der Waals surface area contributed by atoms with Crippen LogP contribution in [0.2, 0.25) is 0 Å². The first-order valence-corrected chi connectivity index (χ1v) is 7.88. The Bertz CT molecular complexity index is 532. The van der Waals surface area contributed by atoms with E-state index in [0.717, 1.165) is 13.0 Å². The van der Waals surface area contributed by atoms with Gasteiger partial charge in [0.15, 0.2) is 0 Å². The summed E-state index contributed by atoms with van der Waals surface area (Å²) in [7, 11) is 0. The molecule has 1 aliphatic rings. The zero-order valence-electron chi connectivity index (χ0n) is 13.7. The minimum absolute atomic E-state index is 0.0787. The van der Waals surface area contributed by atoms with Crippen molar-refractivity contribution in [3.63, 3.8) is 0 Å². The van der Waals surface area contributed by atoms with E-state index in [0.29, 0.717) is 6.42 Å². The number of carboxylic acid groups (broad SMARTS) is 1. The summed E-state index contributed by atoms with van der Waals surface area (Å²) in [6, 6.07) is -1.46. The van der Waals surface area contributed by atoms with Gasteiger partial charge in [-0.25, -0.2) is 0 Å². The maximum absolute atomic E-state index is 11.9. The van der Waals surface area contributed by atoms with Crippen LogP contribution in [0.3, 0.4) is 0 Å². The molecule has 0 aliphatic carbocycles. The molecule has 4 amide bonds. The number of amides is 4. The standard InChI is InChI=1S/C14H23N5O6/c15-10(20)4-3-9(14(25)18-7-12(22)23)19-11(21)6-17-13(24)8-2-1-5-16-8/h8-9,16H,1-7H2,(H2,15,20)(H,17,24)(H,18,25)(H,19,21)(H,22,23). The van der Waals surface area contributed by atoms with Crippen molar-refractivity contribution in [3.8, 4) is 0 Å². The Labute approximate surface area is 144 Å². The van der Waals surface area contributed by atoms with Crippen LogP contribution in [0.25, 0.3) is 0 Å². The van der Waals surface area contributed by atoms with Crippen molar-refractivity contribution in [3.05, 3.63) is 0 Å². The van der Waals surface area contributed by atoms with Gasteiger partial charge in [0.05, 0.1) is 12.6 Å². The highest BCUT2D eigenvalue weighted by atomic mass is 16.4. The molecule has 1 fully saturated rings. The van der Waals surface area contributed by atoms with Crippen molar-refractivity contribution in [2.45, 2.75) is 37.8 Å². The largest absolute Gasteiger partial charge is 0.480 e. The molecule has 11 nitrogen and oxygen atoms in total. The molecule has 1 heterocycles. The van der Waals surface area contributed by atoms with Crippen LogP contribution in [0.15, 0.2) is 0 Å². The lowest BCUT2D eigenvalue weighted by Crippen LogP contribution is -2.51. The number of hydrogen-bond acceptors (Lipinski definition) is 6. The summed E-state index contributed by atoms with van der Waals surface area (Å²) in [6.07, 6.45) is 1.32. The molecule has 2 unspecified atom stereocenters. The van der Waals surface area contributed by atoms with E-state index in [-0.39, 0.29) is 31.3 Å². The van der Waals surface area contributed by atoms with Gasteiger partial charge in [0.1, 0.15) is 12.6 Å². The molecule has 7 N–H and O–H groups in total. The highest BCUT2D eigenvalue weighted by molar-refractivity contribution is 5.92. The predicted molar refractivity (Wildman–Crippen MR) is 85.0 cm³/mol. The molecule has 0 spiro atoms. The number of rotatable bonds is 10. The first kappa shape index (κ1) is 20.4. The molecule has 2 atom stereocenters. The van der Waals surface area contributed by atoms with Gasteiger partial charge in [-0.2, -0.15) is 0 Å². The van der Waals surface area contributed by atoms with Gasteiger partial charge in [-0.1, -0.05) is 0 Å². The summed E-state index contributed by atoms with van der Waals surface area (Å²) in [5.74, 6) is -3.60. The third kappa shape index (κ3) is 8.11. The molecule has 0 bridgehead atoms. The second-order valence-electron chi connectivity index (χ2n) is 5.60. The number of carbonyl (C=O) groups excluding carboxylic acids is 4. The first-order chi connectivity index (χ1) is 11.8. The van der Waals surface area contributed by atoms with Gasteiger partial charge in [-0.15, -0.1) is 0 Å². The van der Waals surface area contributed by atoms with Gasteiger partial charge in [-0.05, 0) is 25.8 Å². The van der Waals surface area contributed by atoms with Crippen molar-refractivity contribution in [1.29, 1.82) is 0 Å². The molecule has 0 aromatic heterocycles. The Morgan fingerprint density at radius 3 is 2.44 bits per heavy atom. The van der Waals surface area contributed by atoms with E-state index in [1.54, 1.807) is 0 Å². The van der Waals surface area contributed by atoms with Crippen molar-refractivity contribution in [2.75, 3.05) is 19.6 Å². The summed E-state index contributed by atoms with van der Waals surface area (Å²) in [5, 5.41) is 18.5. The quantitative estimate of drug-likeness (QED) is 0.238. The van der Waals surface area contributed by atoms with E-state index < -0.39 is 36.3 Å². The Hall–Kier alpha value is -2.69. The van der Waals surface area contributed by atoms with E-state index in [4.69, 9.17) is 10.8 Å². The third-order valence-corrected chi connectivity index (χ3v) is 3.54. The summed E-state index contributed by atoms with van der Waals surface area (Å²) in [5.41, 5.74) is 5.02. The van der Waals surface area contributed by atoms with Crippen LogP contribution in [0.1, 0.15) is 25.7 Å². The number of aliphatic carboxylic acids is 1. The number of hydrogen-bond donors (Lipinski definition) is 6. The third-order valence-electron chi connectivity index (χ3n) is 3.54. The van der Waals surface area contributed by atoms with E-state index in [9.17, 15) is 24.0 Å². The number of nitrogens with one attached hydrogen (secondary N) is 4. The molecule has 0 saturated carbocycles. The average Bonchev–Trinajstić information content (AvgIpc) is 3.08. The summed E-state index contributed by atoms with van der Waals surface area (Å²) in [4.78, 5) is 57.0. The average molecular weight is 357 g/mol. The molecule has 0 aromatic carbocycles. The van der Waals surface area contributed by atoms with Crippen LogP contribution in [-0.4, -0.2) is 66.4 Å². The highest BCUT2D eigenvalue weighted by Crippen LogP contribution is 2.04. The lowest BCUT2D eigenvalue weighted by atomic mass is 10.1. The van der Waals surface area contributed by atoms with Crippen LogP contribution in [-0.2, 0) is 24.0 Å². The minimum Gasteiger partial charge on any atom is -0.480 e. The van der Waals surface area contributed by atoms with Gasteiger partial charge in [0, 0.05) is 6.42 Å². The van der Waals surface area contributed by atoms with Crippen LogP contribution in [0.5, 0.6) is 0 Å². The van der Waals surface area contributed by atoms with Crippen LogP contribution in [0, 0.1) is 0 Å². The van der Waals surface area contributed by atoms with Crippen LogP contribution in [0.4, 0.5) is 0 Å². The normalized spacial score (nSPS) is 17.4. The monoisotopic (exact) mass is 357 g/mol. The number of primary amides is 1. The number of carboxylic acids is 1. The zero-order chi connectivity index (χ0) is 18.8. The molecule has 1 aliphatic heterocycles. The Morgan fingerprint density at radius 2 is 1.88 bits per heavy atom. The number of carbonyl (C=O) groups is 5. The van der Waals surface area contributed by atoms with Crippen molar-refractivity contribution in [1.82, 2.24) is 21.3 Å². The Kier molecular flexibility index (Phi) is 8.33. The summed E-state index contributed by atoms with van der Waals surface area (Å²) < 4.78 is 0. The molecule has 0 aromatic rings. The molecule has 11 heteroatoms. The van der Waals surface area contributed by atoms with Crippen molar-refractivity contribution < 1.29 is 29.1 Å². The minimum atomic E-state index is -1.25. The van der Waals surface area contributed by atoms with E-state index in [2.05, 4.69) is 21.3 Å². The topological polar surface area (TPSA) is 180 Å². The molecule has 1 rings (SSSR count).